The van der Waals surface area contributed by atoms with Crippen molar-refractivity contribution in [3.63, 3.8) is 0 Å². The maximum atomic E-state index is 12.7. The maximum Gasteiger partial charge on any atom is 0.333 e. The molecule has 3 aliphatic rings. The molecule has 1 aliphatic heterocycles. The van der Waals surface area contributed by atoms with Crippen LogP contribution in [0.15, 0.2) is 17.3 Å². The van der Waals surface area contributed by atoms with Gasteiger partial charge in [0.25, 0.3) is 16.0 Å². The summed E-state index contributed by atoms with van der Waals surface area (Å²) in [4.78, 5) is 16.6. The van der Waals surface area contributed by atoms with Gasteiger partial charge in [0.1, 0.15) is 0 Å². The number of hydrogen-bond acceptors (Lipinski definition) is 5. The number of benzene rings is 1. The Morgan fingerprint density at radius 1 is 1.07 bits per heavy atom. The molecule has 0 unspecified atom stereocenters. The fourth-order valence-corrected chi connectivity index (χ4v) is 5.60. The first-order valence-corrected chi connectivity index (χ1v) is 11.2. The van der Waals surface area contributed by atoms with Gasteiger partial charge in [-0.3, -0.25) is 4.57 Å². The number of imidazole rings is 1. The van der Waals surface area contributed by atoms with Crippen molar-refractivity contribution >= 4 is 21.7 Å². The number of sulfonamides is 1. The number of anilines is 1. The second-order valence-electron chi connectivity index (χ2n) is 7.53. The quantitative estimate of drug-likeness (QED) is 0.819. The van der Waals surface area contributed by atoms with Crippen molar-refractivity contribution in [1.29, 1.82) is 0 Å². The Balaban J connectivity index is 1.41. The van der Waals surface area contributed by atoms with Crippen LogP contribution in [0.2, 0.25) is 0 Å². The molecule has 1 aromatic carbocycles. The average Bonchev–Trinajstić information content (AvgIpc) is 3.39. The van der Waals surface area contributed by atoms with E-state index in [2.05, 4.69) is 21.1 Å². The topological polar surface area (TPSA) is 102 Å². The number of fused-ring (bicyclic) bond motifs is 3. The zero-order chi connectivity index (χ0) is 19.3. The average molecular weight is 402 g/mol. The minimum atomic E-state index is -4.05. The number of carbonyl (C=O) groups is 1. The van der Waals surface area contributed by atoms with E-state index in [9.17, 15) is 13.2 Å². The van der Waals surface area contributed by atoms with Crippen LogP contribution < -0.4 is 14.8 Å². The molecule has 148 valence electrons. The summed E-state index contributed by atoms with van der Waals surface area (Å²) in [6, 6.07) is 1.80. The number of rotatable bonds is 3. The van der Waals surface area contributed by atoms with E-state index < -0.39 is 16.1 Å². The molecule has 1 aromatic heterocycles. The molecular formula is C19H22N4O4S. The highest BCUT2D eigenvalue weighted by molar-refractivity contribution is 7.90. The van der Waals surface area contributed by atoms with Crippen LogP contribution in [0.1, 0.15) is 41.5 Å². The van der Waals surface area contributed by atoms with Gasteiger partial charge >= 0.3 is 6.03 Å². The van der Waals surface area contributed by atoms with Crippen LogP contribution in [-0.2, 0) is 42.3 Å². The second-order valence-corrected chi connectivity index (χ2v) is 9.16. The van der Waals surface area contributed by atoms with Gasteiger partial charge in [0.15, 0.2) is 5.03 Å². The summed E-state index contributed by atoms with van der Waals surface area (Å²) < 4.78 is 34.5. The van der Waals surface area contributed by atoms with Gasteiger partial charge in [-0.05, 0) is 67.2 Å². The third-order valence-corrected chi connectivity index (χ3v) is 7.08. The van der Waals surface area contributed by atoms with Crippen molar-refractivity contribution in [2.45, 2.75) is 56.5 Å². The fraction of sp³-hybridized carbons (Fsp3) is 0.474. The third-order valence-electron chi connectivity index (χ3n) is 5.75. The van der Waals surface area contributed by atoms with E-state index in [1.807, 2.05) is 0 Å². The van der Waals surface area contributed by atoms with Crippen molar-refractivity contribution in [2.75, 3.05) is 11.9 Å². The van der Waals surface area contributed by atoms with E-state index in [4.69, 9.17) is 4.74 Å². The van der Waals surface area contributed by atoms with E-state index >= 15 is 0 Å². The number of urea groups is 1. The van der Waals surface area contributed by atoms with E-state index in [-0.39, 0.29) is 11.0 Å². The molecule has 2 aromatic rings. The van der Waals surface area contributed by atoms with Crippen LogP contribution in [0.3, 0.4) is 0 Å². The Kier molecular flexibility index (Phi) is 4.08. The van der Waals surface area contributed by atoms with Crippen molar-refractivity contribution < 1.29 is 17.9 Å². The fourth-order valence-electron chi connectivity index (χ4n) is 4.55. The number of aromatic nitrogens is 2. The van der Waals surface area contributed by atoms with Gasteiger partial charge in [-0.25, -0.2) is 14.5 Å². The molecule has 0 fully saturated rings. The zero-order valence-electron chi connectivity index (χ0n) is 15.5. The van der Waals surface area contributed by atoms with Crippen molar-refractivity contribution in [3.8, 4) is 6.01 Å². The minimum absolute atomic E-state index is 0.0548. The second kappa shape index (κ2) is 6.51. The molecule has 0 saturated heterocycles. The molecule has 9 heteroatoms. The Hall–Kier alpha value is -2.55. The lowest BCUT2D eigenvalue weighted by Crippen LogP contribution is -2.36. The molecule has 0 atom stereocenters. The van der Waals surface area contributed by atoms with Gasteiger partial charge in [0, 0.05) is 12.2 Å². The molecule has 2 aliphatic carbocycles. The number of aryl methyl sites for hydroxylation is 2. The highest BCUT2D eigenvalue weighted by Crippen LogP contribution is 2.38. The highest BCUT2D eigenvalue weighted by atomic mass is 32.2. The third kappa shape index (κ3) is 2.85. The first-order chi connectivity index (χ1) is 13.5. The summed E-state index contributed by atoms with van der Waals surface area (Å²) >= 11 is 0. The summed E-state index contributed by atoms with van der Waals surface area (Å²) in [5.74, 6) is 0. The van der Waals surface area contributed by atoms with Gasteiger partial charge in [0.2, 0.25) is 0 Å². The van der Waals surface area contributed by atoms with Crippen molar-refractivity contribution in [2.24, 2.45) is 0 Å². The number of hydrogen-bond donors (Lipinski definition) is 2. The predicted octanol–water partition coefficient (Wildman–Crippen LogP) is 2.15. The SMILES string of the molecule is O=C(Nc1c2c(cc3c1CCC3)CCC2)NS(=O)(=O)c1cnc2n1CCCO2. The summed E-state index contributed by atoms with van der Waals surface area (Å²) in [6.07, 6.45) is 7.91. The van der Waals surface area contributed by atoms with Crippen LogP contribution >= 0.6 is 0 Å². The Labute approximate surface area is 163 Å². The lowest BCUT2D eigenvalue weighted by molar-refractivity contribution is 0.224. The highest BCUT2D eigenvalue weighted by Gasteiger charge is 2.29. The molecule has 2 N–H and O–H groups in total. The monoisotopic (exact) mass is 402 g/mol. The van der Waals surface area contributed by atoms with E-state index in [1.54, 1.807) is 0 Å². The van der Waals surface area contributed by atoms with Crippen molar-refractivity contribution in [1.82, 2.24) is 14.3 Å². The molecule has 2 heterocycles. The van der Waals surface area contributed by atoms with Gasteiger partial charge in [-0.1, -0.05) is 6.07 Å². The van der Waals surface area contributed by atoms with Crippen LogP contribution in [0.4, 0.5) is 10.5 Å². The summed E-state index contributed by atoms with van der Waals surface area (Å²) in [5, 5.41) is 2.80. The molecule has 0 radical (unpaired) electrons. The van der Waals surface area contributed by atoms with Gasteiger partial charge < -0.3 is 10.1 Å². The van der Waals surface area contributed by atoms with E-state index in [0.717, 1.165) is 55.3 Å². The Bertz CT molecular complexity index is 1040. The summed E-state index contributed by atoms with van der Waals surface area (Å²) in [6.45, 7) is 1.00. The normalized spacial score (nSPS) is 17.4. The largest absolute Gasteiger partial charge is 0.465 e. The Morgan fingerprint density at radius 3 is 2.50 bits per heavy atom. The van der Waals surface area contributed by atoms with Crippen LogP contribution in [0.25, 0.3) is 0 Å². The number of nitrogens with one attached hydrogen (secondary N) is 2. The van der Waals surface area contributed by atoms with Crippen LogP contribution in [0, 0.1) is 0 Å². The van der Waals surface area contributed by atoms with Crippen LogP contribution in [-0.4, -0.2) is 30.6 Å². The lowest BCUT2D eigenvalue weighted by atomic mass is 9.99. The maximum absolute atomic E-state index is 12.7. The number of amides is 2. The number of nitrogens with zero attached hydrogens (tertiary/aromatic N) is 2. The Morgan fingerprint density at radius 2 is 1.79 bits per heavy atom. The van der Waals surface area contributed by atoms with Crippen LogP contribution in [0.5, 0.6) is 6.01 Å². The molecule has 5 rings (SSSR count). The molecule has 2 amide bonds. The predicted molar refractivity (Wildman–Crippen MR) is 102 cm³/mol. The first kappa shape index (κ1) is 17.5. The standard InChI is InChI=1S/C19H22N4O4S/c24-18(22-28(25,26)16-11-20-19-23(16)8-3-9-27-19)21-17-14-6-1-4-12(14)10-13-5-2-7-15(13)17/h10-11H,1-9H2,(H2,21,22,24). The molecule has 8 nitrogen and oxygen atoms in total. The van der Waals surface area contributed by atoms with Gasteiger partial charge in [-0.15, -0.1) is 0 Å². The molecule has 28 heavy (non-hydrogen) atoms. The van der Waals surface area contributed by atoms with Gasteiger partial charge in [0.05, 0.1) is 12.8 Å². The summed E-state index contributed by atoms with van der Waals surface area (Å²) in [5.41, 5.74) is 5.68. The number of ether oxygens (including phenoxy) is 1. The molecule has 0 bridgehead atoms. The van der Waals surface area contributed by atoms with Crippen molar-refractivity contribution in [3.05, 3.63) is 34.5 Å². The molecule has 0 saturated carbocycles. The molecule has 0 spiro atoms. The number of carbonyl (C=O) groups excluding carboxylic acids is 1. The minimum Gasteiger partial charge on any atom is -0.465 e. The summed E-state index contributed by atoms with van der Waals surface area (Å²) in [7, 11) is -4.05. The van der Waals surface area contributed by atoms with E-state index in [1.165, 1.54) is 21.9 Å². The van der Waals surface area contributed by atoms with E-state index in [0.29, 0.717) is 19.6 Å². The molecular weight excluding hydrogens is 380 g/mol. The lowest BCUT2D eigenvalue weighted by Gasteiger charge is -2.18. The first-order valence-electron chi connectivity index (χ1n) is 9.71. The van der Waals surface area contributed by atoms with Gasteiger partial charge in [-0.2, -0.15) is 8.42 Å². The zero-order valence-corrected chi connectivity index (χ0v) is 16.3. The smallest absolute Gasteiger partial charge is 0.333 e.